The van der Waals surface area contributed by atoms with E-state index in [4.69, 9.17) is 4.74 Å². The fourth-order valence-corrected chi connectivity index (χ4v) is 6.40. The third-order valence-electron chi connectivity index (χ3n) is 7.22. The molecule has 0 spiro atoms. The number of hydrogen-bond acceptors (Lipinski definition) is 3. The molecule has 0 aromatic rings. The first-order valence-corrected chi connectivity index (χ1v) is 7.64. The summed E-state index contributed by atoms with van der Waals surface area (Å²) >= 11 is 0. The Morgan fingerprint density at radius 2 is 1.84 bits per heavy atom. The van der Waals surface area contributed by atoms with Crippen molar-refractivity contribution in [1.82, 2.24) is 0 Å². The second-order valence-electron chi connectivity index (χ2n) is 8.07. The van der Waals surface area contributed by atoms with E-state index < -0.39 is 0 Å². The van der Waals surface area contributed by atoms with E-state index in [9.17, 15) is 10.2 Å². The van der Waals surface area contributed by atoms with Crippen LogP contribution in [0.4, 0.5) is 0 Å². The van der Waals surface area contributed by atoms with Crippen LogP contribution in [0.5, 0.6) is 0 Å². The van der Waals surface area contributed by atoms with Gasteiger partial charge in [-0.05, 0) is 43.4 Å². The number of aliphatic hydroxyl groups is 2. The van der Waals surface area contributed by atoms with Gasteiger partial charge in [0.1, 0.15) is 0 Å². The van der Waals surface area contributed by atoms with Gasteiger partial charge in [-0.3, -0.25) is 0 Å². The number of ether oxygens (including phenoxy) is 1. The Labute approximate surface area is 116 Å². The van der Waals surface area contributed by atoms with Crippen molar-refractivity contribution >= 4 is 0 Å². The Morgan fingerprint density at radius 1 is 1.16 bits per heavy atom. The summed E-state index contributed by atoms with van der Waals surface area (Å²) in [5.41, 5.74) is -0.552. The maximum Gasteiger partial charge on any atom is 0.0842 e. The Morgan fingerprint density at radius 3 is 2.42 bits per heavy atom. The lowest BCUT2D eigenvalue weighted by Crippen LogP contribution is -2.69. The largest absolute Gasteiger partial charge is 0.396 e. The second-order valence-corrected chi connectivity index (χ2v) is 8.07. The molecular formula is C16H28O3. The van der Waals surface area contributed by atoms with E-state index in [0.29, 0.717) is 5.92 Å². The molecule has 3 aliphatic rings. The maximum atomic E-state index is 10.6. The molecule has 3 rings (SSSR count). The van der Waals surface area contributed by atoms with Crippen LogP contribution in [0.25, 0.3) is 0 Å². The van der Waals surface area contributed by atoms with Crippen molar-refractivity contribution in [2.75, 3.05) is 13.7 Å². The van der Waals surface area contributed by atoms with Gasteiger partial charge in [-0.2, -0.15) is 0 Å². The number of methoxy groups -OCH3 is 1. The smallest absolute Gasteiger partial charge is 0.0842 e. The molecule has 110 valence electrons. The molecule has 5 atom stereocenters. The molecule has 0 aromatic carbocycles. The SMILES string of the molecule is CO[C@]12CC(C)(C)[C@@H]3CC[C@]1(C)[C@H](O)CC[C@@]32CO. The highest BCUT2D eigenvalue weighted by Crippen LogP contribution is 2.75. The van der Waals surface area contributed by atoms with E-state index in [1.165, 1.54) is 0 Å². The molecule has 3 fully saturated rings. The maximum absolute atomic E-state index is 10.6. The highest BCUT2D eigenvalue weighted by Gasteiger charge is 2.77. The Bertz CT molecular complexity index is 393. The summed E-state index contributed by atoms with van der Waals surface area (Å²) < 4.78 is 6.12. The molecule has 2 N–H and O–H groups in total. The van der Waals surface area contributed by atoms with E-state index in [1.807, 2.05) is 0 Å². The molecule has 0 heterocycles. The lowest BCUT2D eigenvalue weighted by atomic mass is 9.45. The fraction of sp³-hybridized carbons (Fsp3) is 1.00. The first-order valence-electron chi connectivity index (χ1n) is 7.64. The van der Waals surface area contributed by atoms with Crippen molar-refractivity contribution in [2.45, 2.75) is 64.6 Å². The number of aliphatic hydroxyl groups excluding tert-OH is 2. The lowest BCUT2D eigenvalue weighted by Gasteiger charge is -2.64. The minimum atomic E-state index is -0.362. The summed E-state index contributed by atoms with van der Waals surface area (Å²) in [6.07, 6.45) is 4.46. The molecule has 19 heavy (non-hydrogen) atoms. The van der Waals surface area contributed by atoms with Gasteiger partial charge < -0.3 is 14.9 Å². The summed E-state index contributed by atoms with van der Waals surface area (Å²) in [4.78, 5) is 0. The normalized spacial score (nSPS) is 55.3. The zero-order chi connectivity index (χ0) is 14.1. The molecule has 3 saturated carbocycles. The molecule has 4 bridgehead atoms. The zero-order valence-corrected chi connectivity index (χ0v) is 12.7. The standard InChI is InChI=1S/C16H28O3/c1-13(2)9-16(19-4)14(3)7-5-11(13)15(16,10-17)8-6-12(14)18/h11-12,17-18H,5-10H2,1-4H3/t11-,12+,14+,15+,16+/m0/s1. The molecule has 3 aliphatic carbocycles. The van der Waals surface area contributed by atoms with Gasteiger partial charge in [0.05, 0.1) is 18.3 Å². The van der Waals surface area contributed by atoms with Gasteiger partial charge in [0.2, 0.25) is 0 Å². The van der Waals surface area contributed by atoms with Crippen LogP contribution in [0, 0.1) is 22.2 Å². The summed E-state index contributed by atoms with van der Waals surface area (Å²) in [6, 6.07) is 0. The van der Waals surface area contributed by atoms with Crippen molar-refractivity contribution in [1.29, 1.82) is 0 Å². The van der Waals surface area contributed by atoms with E-state index >= 15 is 0 Å². The van der Waals surface area contributed by atoms with E-state index in [-0.39, 0.29) is 34.6 Å². The summed E-state index contributed by atoms with van der Waals surface area (Å²) in [5, 5.41) is 20.9. The molecule has 0 aromatic heterocycles. The van der Waals surface area contributed by atoms with Crippen molar-refractivity contribution in [3.63, 3.8) is 0 Å². The van der Waals surface area contributed by atoms with Crippen molar-refractivity contribution in [3.8, 4) is 0 Å². The highest BCUT2D eigenvalue weighted by molar-refractivity contribution is 5.26. The van der Waals surface area contributed by atoms with Crippen LogP contribution in [0.3, 0.4) is 0 Å². The van der Waals surface area contributed by atoms with Gasteiger partial charge in [-0.15, -0.1) is 0 Å². The van der Waals surface area contributed by atoms with Gasteiger partial charge in [-0.1, -0.05) is 20.8 Å². The average Bonchev–Trinajstić information content (AvgIpc) is 2.50. The Balaban J connectivity index is 2.23. The third-order valence-corrected chi connectivity index (χ3v) is 7.22. The molecule has 0 radical (unpaired) electrons. The van der Waals surface area contributed by atoms with Crippen LogP contribution >= 0.6 is 0 Å². The van der Waals surface area contributed by atoms with Gasteiger partial charge in [0.25, 0.3) is 0 Å². The Kier molecular flexibility index (Phi) is 2.73. The van der Waals surface area contributed by atoms with E-state index in [2.05, 4.69) is 20.8 Å². The van der Waals surface area contributed by atoms with Gasteiger partial charge in [0, 0.05) is 17.9 Å². The van der Waals surface area contributed by atoms with Crippen molar-refractivity contribution in [3.05, 3.63) is 0 Å². The average molecular weight is 268 g/mol. The highest BCUT2D eigenvalue weighted by atomic mass is 16.5. The molecule has 0 amide bonds. The quantitative estimate of drug-likeness (QED) is 0.808. The van der Waals surface area contributed by atoms with E-state index in [1.54, 1.807) is 7.11 Å². The van der Waals surface area contributed by atoms with Gasteiger partial charge in [0.15, 0.2) is 0 Å². The van der Waals surface area contributed by atoms with Crippen molar-refractivity contribution in [2.24, 2.45) is 22.2 Å². The first kappa shape index (κ1) is 13.8. The van der Waals surface area contributed by atoms with Crippen LogP contribution in [0.15, 0.2) is 0 Å². The third kappa shape index (κ3) is 1.26. The molecule has 3 heteroatoms. The fourth-order valence-electron chi connectivity index (χ4n) is 6.40. The summed E-state index contributed by atoms with van der Waals surface area (Å²) in [5.74, 6) is 0.505. The van der Waals surface area contributed by atoms with Crippen LogP contribution in [-0.4, -0.2) is 35.6 Å². The molecule has 0 unspecified atom stereocenters. The summed E-state index contributed by atoms with van der Waals surface area (Å²) in [7, 11) is 1.78. The van der Waals surface area contributed by atoms with Gasteiger partial charge >= 0.3 is 0 Å². The Hall–Kier alpha value is -0.120. The first-order chi connectivity index (χ1) is 8.80. The minimum Gasteiger partial charge on any atom is -0.396 e. The zero-order valence-electron chi connectivity index (χ0n) is 12.7. The molecule has 0 aliphatic heterocycles. The predicted octanol–water partition coefficient (Wildman–Crippen LogP) is 2.35. The van der Waals surface area contributed by atoms with Crippen LogP contribution in [-0.2, 0) is 4.74 Å². The topological polar surface area (TPSA) is 49.7 Å². The predicted molar refractivity (Wildman–Crippen MR) is 73.7 cm³/mol. The molecule has 0 saturated heterocycles. The van der Waals surface area contributed by atoms with Crippen LogP contribution < -0.4 is 0 Å². The van der Waals surface area contributed by atoms with Crippen molar-refractivity contribution < 1.29 is 14.9 Å². The van der Waals surface area contributed by atoms with Gasteiger partial charge in [-0.25, -0.2) is 0 Å². The summed E-state index contributed by atoms with van der Waals surface area (Å²) in [6.45, 7) is 7.00. The van der Waals surface area contributed by atoms with E-state index in [0.717, 1.165) is 32.1 Å². The second kappa shape index (κ2) is 3.75. The number of hydrogen-bond donors (Lipinski definition) is 2. The monoisotopic (exact) mass is 268 g/mol. The van der Waals surface area contributed by atoms with Crippen LogP contribution in [0.2, 0.25) is 0 Å². The molecular weight excluding hydrogens is 240 g/mol. The minimum absolute atomic E-state index is 0.155. The number of rotatable bonds is 2. The molecule has 3 nitrogen and oxygen atoms in total. The van der Waals surface area contributed by atoms with Crippen LogP contribution in [0.1, 0.15) is 52.9 Å². The lowest BCUT2D eigenvalue weighted by molar-refractivity contribution is -0.273.